The van der Waals surface area contributed by atoms with Crippen molar-refractivity contribution in [1.29, 1.82) is 0 Å². The molecule has 8 heterocycles. The number of alkyl halides is 2. The summed E-state index contributed by atoms with van der Waals surface area (Å²) in [5.41, 5.74) is 0.0592. The van der Waals surface area contributed by atoms with Crippen LogP contribution in [0.5, 0.6) is 6.01 Å². The van der Waals surface area contributed by atoms with Crippen molar-refractivity contribution in [3.05, 3.63) is 34.9 Å². The molecule has 3 atom stereocenters. The van der Waals surface area contributed by atoms with Gasteiger partial charge in [0.15, 0.2) is 11.5 Å². The zero-order valence-corrected chi connectivity index (χ0v) is 26.4. The third kappa shape index (κ3) is 5.26. The Bertz CT molecular complexity index is 1790. The number of pyridine rings is 1. The molecule has 0 unspecified atom stereocenters. The minimum Gasteiger partial charge on any atom is -0.461 e. The van der Waals surface area contributed by atoms with Crippen LogP contribution < -0.4 is 9.64 Å². The van der Waals surface area contributed by atoms with Gasteiger partial charge in [-0.25, -0.2) is 13.2 Å². The van der Waals surface area contributed by atoms with E-state index in [0.717, 1.165) is 31.4 Å². The van der Waals surface area contributed by atoms with Crippen molar-refractivity contribution >= 4 is 39.2 Å². The zero-order chi connectivity index (χ0) is 31.5. The van der Waals surface area contributed by atoms with Crippen molar-refractivity contribution in [2.24, 2.45) is 0 Å². The maximum Gasteiger partial charge on any atom is 0.319 e. The van der Waals surface area contributed by atoms with Gasteiger partial charge in [-0.2, -0.15) is 15.1 Å². The predicted molar refractivity (Wildman–Crippen MR) is 170 cm³/mol. The van der Waals surface area contributed by atoms with E-state index >= 15 is 8.78 Å². The Hall–Kier alpha value is -3.22. The molecule has 46 heavy (non-hydrogen) atoms. The molecule has 1 aromatic carbocycles. The van der Waals surface area contributed by atoms with E-state index in [-0.39, 0.29) is 37.0 Å². The van der Waals surface area contributed by atoms with Gasteiger partial charge in [0, 0.05) is 48.3 Å². The van der Waals surface area contributed by atoms with Crippen molar-refractivity contribution in [2.45, 2.75) is 75.2 Å². The summed E-state index contributed by atoms with van der Waals surface area (Å²) in [6.07, 6.45) is 8.19. The second-order valence-corrected chi connectivity index (χ2v) is 13.9. The minimum atomic E-state index is -1.61. The van der Waals surface area contributed by atoms with E-state index in [1.807, 2.05) is 4.90 Å². The molecule has 9 nitrogen and oxygen atoms in total. The van der Waals surface area contributed by atoms with Gasteiger partial charge in [0.25, 0.3) is 0 Å². The lowest BCUT2D eigenvalue weighted by molar-refractivity contribution is 0.0142. The lowest BCUT2D eigenvalue weighted by Crippen LogP contribution is -2.44. The van der Waals surface area contributed by atoms with E-state index in [9.17, 15) is 4.39 Å². The number of H-pyrrole nitrogens is 1. The van der Waals surface area contributed by atoms with Crippen LogP contribution in [0, 0.1) is 5.82 Å². The van der Waals surface area contributed by atoms with Gasteiger partial charge in [-0.15, -0.1) is 0 Å². The van der Waals surface area contributed by atoms with Gasteiger partial charge in [0.1, 0.15) is 29.8 Å². The molecular formula is C33H37ClF3N7O2. The summed E-state index contributed by atoms with van der Waals surface area (Å²) in [4.78, 5) is 18.1. The molecule has 3 saturated heterocycles. The van der Waals surface area contributed by atoms with Crippen molar-refractivity contribution in [2.75, 3.05) is 50.9 Å². The Morgan fingerprint density at radius 3 is 2.91 bits per heavy atom. The number of benzene rings is 1. The molecule has 1 N–H and O–H groups in total. The van der Waals surface area contributed by atoms with Crippen molar-refractivity contribution in [3.63, 3.8) is 0 Å². The summed E-state index contributed by atoms with van der Waals surface area (Å²) in [5.74, 6) is -0.275. The first-order chi connectivity index (χ1) is 22.3. The fraction of sp³-hybridized carbons (Fsp3) is 0.576. The van der Waals surface area contributed by atoms with Gasteiger partial charge >= 0.3 is 6.01 Å². The minimum absolute atomic E-state index is 0.0204. The number of ether oxygens (including phenoxy) is 2. The molecule has 4 aromatic rings. The molecule has 3 fully saturated rings. The molecule has 0 amide bonds. The van der Waals surface area contributed by atoms with E-state index < -0.39 is 23.2 Å². The highest BCUT2D eigenvalue weighted by molar-refractivity contribution is 6.33. The third-order valence-corrected chi connectivity index (χ3v) is 10.7. The fourth-order valence-electron chi connectivity index (χ4n) is 8.07. The van der Waals surface area contributed by atoms with Gasteiger partial charge < -0.3 is 14.4 Å². The third-order valence-electron chi connectivity index (χ3n) is 10.3. The average Bonchev–Trinajstić information content (AvgIpc) is 3.69. The first kappa shape index (κ1) is 30.1. The summed E-state index contributed by atoms with van der Waals surface area (Å²) in [5, 5.41) is 8.69. The topological polar surface area (TPSA) is 92.3 Å². The second-order valence-electron chi connectivity index (χ2n) is 13.5. The van der Waals surface area contributed by atoms with Gasteiger partial charge in [0.2, 0.25) is 0 Å². The number of aromatic nitrogens is 5. The molecule has 0 radical (unpaired) electrons. The molecule has 0 spiro atoms. The van der Waals surface area contributed by atoms with Gasteiger partial charge in [-0.05, 0) is 69.5 Å². The molecule has 6 bridgehead atoms. The summed E-state index contributed by atoms with van der Waals surface area (Å²) in [6.45, 7) is 2.31. The lowest BCUT2D eigenvalue weighted by atomic mass is 9.95. The molecule has 244 valence electrons. The van der Waals surface area contributed by atoms with Gasteiger partial charge in [0.05, 0.1) is 35.8 Å². The molecule has 5 aliphatic heterocycles. The van der Waals surface area contributed by atoms with Crippen LogP contribution in [-0.4, -0.2) is 93.4 Å². The smallest absolute Gasteiger partial charge is 0.319 e. The molecule has 0 saturated carbocycles. The lowest BCUT2D eigenvalue weighted by Gasteiger charge is -2.32. The number of hydrogen-bond acceptors (Lipinski definition) is 8. The highest BCUT2D eigenvalue weighted by atomic mass is 35.5. The van der Waals surface area contributed by atoms with Crippen molar-refractivity contribution in [1.82, 2.24) is 30.0 Å². The number of anilines is 1. The normalized spacial score (nSPS) is 27.4. The number of nitrogens with zero attached hydrogens (tertiary/aromatic N) is 6. The summed E-state index contributed by atoms with van der Waals surface area (Å²) < 4.78 is 60.2. The highest BCUT2D eigenvalue weighted by Crippen LogP contribution is 2.42. The maximum atomic E-state index is 17.0. The molecule has 9 rings (SSSR count). The van der Waals surface area contributed by atoms with Gasteiger partial charge in [-0.3, -0.25) is 15.0 Å². The van der Waals surface area contributed by atoms with Crippen LogP contribution in [0.25, 0.3) is 33.1 Å². The molecule has 0 aliphatic carbocycles. The Kier molecular flexibility index (Phi) is 7.72. The summed E-state index contributed by atoms with van der Waals surface area (Å²) in [7, 11) is 0. The number of nitrogens with one attached hydrogen (secondary N) is 1. The standard InChI is InChI=1S/C33H37ClF3N7O2/c34-24-12-25-22(15-39-42-25)26-21(24)6-1-4-11-45-18-32(37)7-2-3-9-43(17-32)30-23-14-38-29(26)27(36)28(23)40-31(41-30)46-19-33-8-5-10-44(33)16-20(35)13-33/h12,14-15,20H,1-11,13,16-19H2,(H,39,42)/t20-,32-,33+/m1/s1. The summed E-state index contributed by atoms with van der Waals surface area (Å²) in [6, 6.07) is 1.78. The number of hydrogen-bond donors (Lipinski definition) is 1. The Morgan fingerprint density at radius 1 is 1.09 bits per heavy atom. The van der Waals surface area contributed by atoms with Crippen LogP contribution >= 0.6 is 11.6 Å². The molecular weight excluding hydrogens is 619 g/mol. The highest BCUT2D eigenvalue weighted by Gasteiger charge is 2.49. The van der Waals surface area contributed by atoms with E-state index in [0.29, 0.717) is 90.9 Å². The van der Waals surface area contributed by atoms with Crippen LogP contribution in [0.1, 0.15) is 56.9 Å². The Labute approximate surface area is 269 Å². The van der Waals surface area contributed by atoms with Crippen LogP contribution in [0.15, 0.2) is 18.5 Å². The summed E-state index contributed by atoms with van der Waals surface area (Å²) >= 11 is 6.80. The van der Waals surface area contributed by atoms with Crippen molar-refractivity contribution in [3.8, 4) is 17.3 Å². The number of fused-ring (bicyclic) bond motifs is 8. The first-order valence-corrected chi connectivity index (χ1v) is 16.7. The fourth-order valence-corrected chi connectivity index (χ4v) is 8.37. The SMILES string of the molecule is Fc1c2ncc3c(nc(OC[C@@]45CCCN4C[C@H](F)C5)nc13)N1CCCC[C@](F)(COCCCCc3c(Cl)cc4[nH]ncc4c3-2)C1. The largest absolute Gasteiger partial charge is 0.461 e. The predicted octanol–water partition coefficient (Wildman–Crippen LogP) is 6.37. The Morgan fingerprint density at radius 2 is 2.00 bits per heavy atom. The van der Waals surface area contributed by atoms with Crippen LogP contribution in [0.3, 0.4) is 0 Å². The maximum absolute atomic E-state index is 17.0. The second kappa shape index (κ2) is 11.8. The first-order valence-electron chi connectivity index (χ1n) is 16.4. The van der Waals surface area contributed by atoms with Gasteiger partial charge in [-0.1, -0.05) is 11.6 Å². The average molecular weight is 656 g/mol. The Balaban J connectivity index is 1.30. The zero-order valence-electron chi connectivity index (χ0n) is 25.6. The van der Waals surface area contributed by atoms with Crippen LogP contribution in [0.2, 0.25) is 5.02 Å². The number of aromatic amines is 1. The van der Waals surface area contributed by atoms with E-state index in [1.54, 1.807) is 18.5 Å². The quantitative estimate of drug-likeness (QED) is 0.272. The van der Waals surface area contributed by atoms with E-state index in [2.05, 4.69) is 25.1 Å². The van der Waals surface area contributed by atoms with Crippen molar-refractivity contribution < 1.29 is 22.6 Å². The van der Waals surface area contributed by atoms with E-state index in [4.69, 9.17) is 26.1 Å². The molecule has 13 heteroatoms. The number of rotatable bonds is 3. The molecule has 3 aromatic heterocycles. The monoisotopic (exact) mass is 655 g/mol. The van der Waals surface area contributed by atoms with Crippen LogP contribution in [0.4, 0.5) is 19.0 Å². The van der Waals surface area contributed by atoms with Crippen LogP contribution in [-0.2, 0) is 11.2 Å². The number of halogens is 4. The molecule has 5 aliphatic rings. The van der Waals surface area contributed by atoms with E-state index in [1.165, 1.54) is 0 Å².